The smallest absolute Gasteiger partial charge is 0.222 e. The molecule has 0 spiro atoms. The number of hydrogen-bond donors (Lipinski definition) is 0. The number of likely N-dealkylation sites (tertiary alicyclic amines) is 1. The Hall–Kier alpha value is -0.900. The third-order valence-electron chi connectivity index (χ3n) is 4.89. The van der Waals surface area contributed by atoms with E-state index in [4.69, 9.17) is 0 Å². The maximum absolute atomic E-state index is 12.2. The van der Waals surface area contributed by atoms with Crippen molar-refractivity contribution >= 4 is 17.2 Å². The van der Waals surface area contributed by atoms with E-state index in [0.29, 0.717) is 17.7 Å². The first-order chi connectivity index (χ1) is 9.17. The van der Waals surface area contributed by atoms with Crippen molar-refractivity contribution in [2.45, 2.75) is 45.4 Å². The van der Waals surface area contributed by atoms with Crippen molar-refractivity contribution in [1.29, 1.82) is 0 Å². The van der Waals surface area contributed by atoms with Crippen LogP contribution >= 0.6 is 11.3 Å². The highest BCUT2D eigenvalue weighted by atomic mass is 32.1. The number of hydrogen-bond acceptors (Lipinski definition) is 3. The molecule has 1 amide bonds. The fraction of sp³-hybridized carbons (Fsp3) is 0.733. The quantitative estimate of drug-likeness (QED) is 0.848. The Labute approximate surface area is 119 Å². The molecule has 2 fully saturated rings. The second kappa shape index (κ2) is 5.23. The average molecular weight is 278 g/mol. The van der Waals surface area contributed by atoms with E-state index in [1.807, 2.05) is 11.7 Å². The Morgan fingerprint density at radius 1 is 1.47 bits per heavy atom. The highest BCUT2D eigenvalue weighted by molar-refractivity contribution is 7.09. The first-order valence-corrected chi connectivity index (χ1v) is 8.20. The minimum atomic E-state index is 0.325. The van der Waals surface area contributed by atoms with Gasteiger partial charge in [-0.1, -0.05) is 6.92 Å². The lowest BCUT2D eigenvalue weighted by Crippen LogP contribution is -2.43. The average Bonchev–Trinajstić information content (AvgIpc) is 3.16. The topological polar surface area (TPSA) is 33.2 Å². The largest absolute Gasteiger partial charge is 0.343 e. The number of carbonyl (C=O) groups is 1. The highest BCUT2D eigenvalue weighted by Gasteiger charge is 2.43. The summed E-state index contributed by atoms with van der Waals surface area (Å²) in [5.74, 6) is 1.27. The number of aryl methyl sites for hydroxylation is 1. The van der Waals surface area contributed by atoms with Gasteiger partial charge in [-0.15, -0.1) is 11.3 Å². The minimum absolute atomic E-state index is 0.325. The van der Waals surface area contributed by atoms with E-state index >= 15 is 0 Å². The van der Waals surface area contributed by atoms with Gasteiger partial charge in [-0.05, 0) is 43.4 Å². The molecule has 1 saturated heterocycles. The molecule has 1 aromatic rings. The molecule has 2 aliphatic rings. The molecular weight excluding hydrogens is 256 g/mol. The minimum Gasteiger partial charge on any atom is -0.343 e. The molecule has 1 aliphatic heterocycles. The molecule has 0 radical (unpaired) electrons. The summed E-state index contributed by atoms with van der Waals surface area (Å²) in [4.78, 5) is 19.5. The second-order valence-electron chi connectivity index (χ2n) is 6.28. The summed E-state index contributed by atoms with van der Waals surface area (Å²) >= 11 is 1.64. The summed E-state index contributed by atoms with van der Waals surface area (Å²) in [6.07, 6.45) is 8.58. The summed E-state index contributed by atoms with van der Waals surface area (Å²) in [6.45, 7) is 4.35. The van der Waals surface area contributed by atoms with E-state index in [-0.39, 0.29) is 0 Å². The Morgan fingerprint density at radius 3 is 2.79 bits per heavy atom. The summed E-state index contributed by atoms with van der Waals surface area (Å²) in [5.41, 5.74) is 2.36. The molecule has 3 rings (SSSR count). The molecule has 19 heavy (non-hydrogen) atoms. The maximum Gasteiger partial charge on any atom is 0.222 e. The summed E-state index contributed by atoms with van der Waals surface area (Å²) < 4.78 is 0. The van der Waals surface area contributed by atoms with Gasteiger partial charge in [0.1, 0.15) is 0 Å². The fourth-order valence-electron chi connectivity index (χ4n) is 3.21. The molecular formula is C15H22N2OS. The molecule has 0 bridgehead atoms. The van der Waals surface area contributed by atoms with Gasteiger partial charge < -0.3 is 4.90 Å². The lowest BCUT2D eigenvalue weighted by Gasteiger charge is -2.40. The van der Waals surface area contributed by atoms with E-state index in [0.717, 1.165) is 25.4 Å². The summed E-state index contributed by atoms with van der Waals surface area (Å²) in [7, 11) is 0. The molecule has 0 atom stereocenters. The molecule has 0 unspecified atom stereocenters. The van der Waals surface area contributed by atoms with Crippen LogP contribution in [0.3, 0.4) is 0 Å². The molecule has 1 aliphatic carbocycles. The van der Waals surface area contributed by atoms with Crippen LogP contribution in [0.1, 0.15) is 43.9 Å². The van der Waals surface area contributed by atoms with E-state index in [1.54, 1.807) is 11.3 Å². The molecule has 0 aromatic carbocycles. The van der Waals surface area contributed by atoms with Crippen molar-refractivity contribution in [3.63, 3.8) is 0 Å². The predicted molar refractivity (Wildman–Crippen MR) is 77.1 cm³/mol. The number of aromatic nitrogens is 1. The first kappa shape index (κ1) is 13.1. The monoisotopic (exact) mass is 278 g/mol. The number of thiazole rings is 1. The lowest BCUT2D eigenvalue weighted by molar-refractivity contribution is -0.133. The molecule has 0 N–H and O–H groups in total. The second-order valence-corrected chi connectivity index (χ2v) is 7.25. The van der Waals surface area contributed by atoms with Crippen molar-refractivity contribution in [3.8, 4) is 0 Å². The first-order valence-electron chi connectivity index (χ1n) is 7.32. The SMILES string of the molecule is CC1(C2CC2)CCN(C(=O)CCc2cncs2)CC1. The molecule has 104 valence electrons. The molecule has 3 nitrogen and oxygen atoms in total. The van der Waals surface area contributed by atoms with Crippen LogP contribution in [0.4, 0.5) is 0 Å². The lowest BCUT2D eigenvalue weighted by atomic mass is 9.76. The zero-order valence-corrected chi connectivity index (χ0v) is 12.4. The van der Waals surface area contributed by atoms with Gasteiger partial charge in [0.05, 0.1) is 5.51 Å². The summed E-state index contributed by atoms with van der Waals surface area (Å²) in [5, 5.41) is 0. The van der Waals surface area contributed by atoms with E-state index in [9.17, 15) is 4.79 Å². The van der Waals surface area contributed by atoms with Gasteiger partial charge in [0, 0.05) is 30.6 Å². The van der Waals surface area contributed by atoms with Gasteiger partial charge in [0.2, 0.25) is 5.91 Å². The Bertz CT molecular complexity index is 431. The van der Waals surface area contributed by atoms with Crippen LogP contribution in [-0.4, -0.2) is 28.9 Å². The van der Waals surface area contributed by atoms with Gasteiger partial charge in [0.25, 0.3) is 0 Å². The van der Waals surface area contributed by atoms with Gasteiger partial charge in [0.15, 0.2) is 0 Å². The van der Waals surface area contributed by atoms with E-state index in [2.05, 4.69) is 16.8 Å². The fourth-order valence-corrected chi connectivity index (χ4v) is 3.81. The Kier molecular flexibility index (Phi) is 3.61. The van der Waals surface area contributed by atoms with Crippen molar-refractivity contribution in [3.05, 3.63) is 16.6 Å². The van der Waals surface area contributed by atoms with Gasteiger partial charge in [-0.2, -0.15) is 0 Å². The molecule has 2 heterocycles. The van der Waals surface area contributed by atoms with E-state index < -0.39 is 0 Å². The van der Waals surface area contributed by atoms with Crippen LogP contribution in [-0.2, 0) is 11.2 Å². The maximum atomic E-state index is 12.2. The Balaban J connectivity index is 1.46. The van der Waals surface area contributed by atoms with Crippen LogP contribution in [0.15, 0.2) is 11.7 Å². The third-order valence-corrected chi connectivity index (χ3v) is 5.73. The number of carbonyl (C=O) groups excluding carboxylic acids is 1. The standard InChI is InChI=1S/C15H22N2OS/c1-15(12-2-3-12)6-8-17(9-7-15)14(18)5-4-13-10-16-11-19-13/h10-12H,2-9H2,1H3. The summed E-state index contributed by atoms with van der Waals surface area (Å²) in [6, 6.07) is 0. The van der Waals surface area contributed by atoms with Crippen LogP contribution < -0.4 is 0 Å². The molecule has 1 aromatic heterocycles. The van der Waals surface area contributed by atoms with Crippen molar-refractivity contribution in [2.75, 3.05) is 13.1 Å². The predicted octanol–water partition coefficient (Wildman–Crippen LogP) is 3.11. The molecule has 1 saturated carbocycles. The number of rotatable bonds is 4. The van der Waals surface area contributed by atoms with Crippen LogP contribution in [0.2, 0.25) is 0 Å². The van der Waals surface area contributed by atoms with Crippen LogP contribution in [0.25, 0.3) is 0 Å². The number of nitrogens with zero attached hydrogens (tertiary/aromatic N) is 2. The third kappa shape index (κ3) is 2.99. The molecule has 4 heteroatoms. The normalized spacial score (nSPS) is 22.5. The van der Waals surface area contributed by atoms with Crippen LogP contribution in [0.5, 0.6) is 0 Å². The van der Waals surface area contributed by atoms with Gasteiger partial charge >= 0.3 is 0 Å². The highest BCUT2D eigenvalue weighted by Crippen LogP contribution is 2.51. The van der Waals surface area contributed by atoms with Gasteiger partial charge in [-0.3, -0.25) is 9.78 Å². The number of amides is 1. The number of piperidine rings is 1. The zero-order valence-electron chi connectivity index (χ0n) is 11.6. The van der Waals surface area contributed by atoms with E-state index in [1.165, 1.54) is 30.6 Å². The van der Waals surface area contributed by atoms with Crippen molar-refractivity contribution in [2.24, 2.45) is 11.3 Å². The van der Waals surface area contributed by atoms with Crippen molar-refractivity contribution in [1.82, 2.24) is 9.88 Å². The van der Waals surface area contributed by atoms with Crippen molar-refractivity contribution < 1.29 is 4.79 Å². The van der Waals surface area contributed by atoms with Gasteiger partial charge in [-0.25, -0.2) is 0 Å². The Morgan fingerprint density at radius 2 is 2.21 bits per heavy atom. The van der Waals surface area contributed by atoms with Crippen LogP contribution in [0, 0.1) is 11.3 Å². The zero-order chi connectivity index (χ0) is 13.3.